The van der Waals surface area contributed by atoms with Gasteiger partial charge in [0.25, 0.3) is 6.43 Å². The molecule has 1 aromatic rings. The summed E-state index contributed by atoms with van der Waals surface area (Å²) < 4.78 is 29.0. The predicted molar refractivity (Wildman–Crippen MR) is 63.1 cm³/mol. The van der Waals surface area contributed by atoms with Crippen LogP contribution in [0, 0.1) is 6.92 Å². The van der Waals surface area contributed by atoms with Gasteiger partial charge in [0, 0.05) is 0 Å². The van der Waals surface area contributed by atoms with Crippen molar-refractivity contribution in [3.05, 3.63) is 23.8 Å². The van der Waals surface area contributed by atoms with Crippen molar-refractivity contribution in [1.82, 2.24) is 0 Å². The van der Waals surface area contributed by atoms with Crippen molar-refractivity contribution in [2.24, 2.45) is 5.73 Å². The third kappa shape index (κ3) is 3.98. The van der Waals surface area contributed by atoms with E-state index in [-0.39, 0.29) is 5.11 Å². The standard InChI is InChI=1S/C10H12F2N2OS/c1-6-2-3-7(14-10(13)16)8(4-6)15-5-9(11)12/h2-4,9H,5H2,1H3,(H3,13,14,16). The number of nitrogens with one attached hydrogen (secondary N) is 1. The van der Waals surface area contributed by atoms with Crippen molar-refractivity contribution in [3.63, 3.8) is 0 Å². The number of aryl methyl sites for hydroxylation is 1. The zero-order chi connectivity index (χ0) is 12.1. The van der Waals surface area contributed by atoms with Gasteiger partial charge in [0.1, 0.15) is 12.4 Å². The lowest BCUT2D eigenvalue weighted by Crippen LogP contribution is -2.20. The molecule has 16 heavy (non-hydrogen) atoms. The smallest absolute Gasteiger partial charge is 0.272 e. The van der Waals surface area contributed by atoms with Crippen LogP contribution in [0.3, 0.4) is 0 Å². The molecular weight excluding hydrogens is 234 g/mol. The maximum atomic E-state index is 12.0. The van der Waals surface area contributed by atoms with Crippen LogP contribution in [-0.2, 0) is 0 Å². The third-order valence-corrected chi connectivity index (χ3v) is 1.86. The number of anilines is 1. The van der Waals surface area contributed by atoms with E-state index in [0.29, 0.717) is 11.4 Å². The Balaban J connectivity index is 2.85. The highest BCUT2D eigenvalue weighted by atomic mass is 32.1. The Morgan fingerprint density at radius 2 is 2.25 bits per heavy atom. The van der Waals surface area contributed by atoms with Crippen LogP contribution in [0.4, 0.5) is 14.5 Å². The highest BCUT2D eigenvalue weighted by Gasteiger charge is 2.08. The summed E-state index contributed by atoms with van der Waals surface area (Å²) in [4.78, 5) is 0. The molecule has 0 bridgehead atoms. The summed E-state index contributed by atoms with van der Waals surface area (Å²) in [5.74, 6) is 0.313. The molecule has 0 aromatic heterocycles. The molecule has 88 valence electrons. The van der Waals surface area contributed by atoms with E-state index in [1.807, 2.05) is 6.92 Å². The number of hydrogen-bond acceptors (Lipinski definition) is 2. The van der Waals surface area contributed by atoms with Crippen LogP contribution in [0.15, 0.2) is 18.2 Å². The van der Waals surface area contributed by atoms with Crippen molar-refractivity contribution < 1.29 is 13.5 Å². The summed E-state index contributed by atoms with van der Waals surface area (Å²) in [6.45, 7) is 1.18. The maximum absolute atomic E-state index is 12.0. The van der Waals surface area contributed by atoms with Gasteiger partial charge in [0.05, 0.1) is 5.69 Å². The second-order valence-electron chi connectivity index (χ2n) is 3.19. The first kappa shape index (κ1) is 12.6. The highest BCUT2D eigenvalue weighted by molar-refractivity contribution is 7.80. The molecule has 0 unspecified atom stereocenters. The maximum Gasteiger partial charge on any atom is 0.272 e. The minimum atomic E-state index is -2.52. The van der Waals surface area contributed by atoms with Crippen LogP contribution in [0.5, 0.6) is 5.75 Å². The lowest BCUT2D eigenvalue weighted by Gasteiger charge is -2.12. The fourth-order valence-corrected chi connectivity index (χ4v) is 1.25. The van der Waals surface area contributed by atoms with Gasteiger partial charge in [-0.1, -0.05) is 6.07 Å². The minimum absolute atomic E-state index is 0.0609. The van der Waals surface area contributed by atoms with E-state index < -0.39 is 13.0 Å². The molecule has 0 spiro atoms. The first-order valence-corrected chi connectivity index (χ1v) is 4.98. The van der Waals surface area contributed by atoms with Crippen molar-refractivity contribution >= 4 is 23.0 Å². The van der Waals surface area contributed by atoms with E-state index in [0.717, 1.165) is 5.56 Å². The van der Waals surface area contributed by atoms with E-state index in [9.17, 15) is 8.78 Å². The van der Waals surface area contributed by atoms with Crippen LogP contribution >= 0.6 is 12.2 Å². The van der Waals surface area contributed by atoms with Gasteiger partial charge < -0.3 is 15.8 Å². The number of alkyl halides is 2. The van der Waals surface area contributed by atoms with Crippen molar-refractivity contribution in [1.29, 1.82) is 0 Å². The fourth-order valence-electron chi connectivity index (χ4n) is 1.14. The minimum Gasteiger partial charge on any atom is -0.485 e. The zero-order valence-corrected chi connectivity index (χ0v) is 9.48. The van der Waals surface area contributed by atoms with Gasteiger partial charge in [0.2, 0.25) is 0 Å². The van der Waals surface area contributed by atoms with Gasteiger partial charge in [-0.05, 0) is 36.8 Å². The Morgan fingerprint density at radius 1 is 1.56 bits per heavy atom. The summed E-state index contributed by atoms with van der Waals surface area (Å²) in [5, 5.41) is 2.72. The van der Waals surface area contributed by atoms with Crippen LogP contribution < -0.4 is 15.8 Å². The number of nitrogens with two attached hydrogens (primary N) is 1. The molecule has 6 heteroatoms. The van der Waals surface area contributed by atoms with Gasteiger partial charge in [0.15, 0.2) is 5.11 Å². The first-order chi connectivity index (χ1) is 7.49. The van der Waals surface area contributed by atoms with Gasteiger partial charge in [-0.3, -0.25) is 0 Å². The summed E-state index contributed by atoms with van der Waals surface area (Å²) in [6, 6.07) is 5.12. The number of halogens is 2. The molecule has 0 amide bonds. The van der Waals surface area contributed by atoms with Gasteiger partial charge in [-0.15, -0.1) is 0 Å². The number of thiocarbonyl (C=S) groups is 1. The van der Waals surface area contributed by atoms with Crippen LogP contribution in [0.1, 0.15) is 5.56 Å². The molecule has 3 nitrogen and oxygen atoms in total. The molecule has 0 aliphatic heterocycles. The molecular formula is C10H12F2N2OS. The van der Waals surface area contributed by atoms with Gasteiger partial charge in [-0.2, -0.15) is 0 Å². The van der Waals surface area contributed by atoms with Crippen molar-refractivity contribution in [3.8, 4) is 5.75 Å². The van der Waals surface area contributed by atoms with Crippen molar-refractivity contribution in [2.45, 2.75) is 13.3 Å². The Morgan fingerprint density at radius 3 is 2.81 bits per heavy atom. The number of rotatable bonds is 4. The summed E-state index contributed by atoms with van der Waals surface area (Å²) in [7, 11) is 0. The summed E-state index contributed by atoms with van der Waals surface area (Å²) >= 11 is 4.67. The molecule has 3 N–H and O–H groups in total. The predicted octanol–water partition coefficient (Wildman–Crippen LogP) is 2.29. The first-order valence-electron chi connectivity index (χ1n) is 4.57. The average Bonchev–Trinajstić information content (AvgIpc) is 2.17. The van der Waals surface area contributed by atoms with Crippen LogP contribution in [0.2, 0.25) is 0 Å². The molecule has 0 aliphatic rings. The molecule has 0 heterocycles. The summed E-state index contributed by atoms with van der Waals surface area (Å²) in [6.07, 6.45) is -2.52. The Kier molecular flexibility index (Phi) is 4.42. The van der Waals surface area contributed by atoms with E-state index in [1.165, 1.54) is 0 Å². The van der Waals surface area contributed by atoms with E-state index in [4.69, 9.17) is 10.5 Å². The topological polar surface area (TPSA) is 47.3 Å². The van der Waals surface area contributed by atoms with Crippen LogP contribution in [0.25, 0.3) is 0 Å². The fraction of sp³-hybridized carbons (Fsp3) is 0.300. The molecule has 0 atom stereocenters. The average molecular weight is 246 g/mol. The SMILES string of the molecule is Cc1ccc(NC(N)=S)c(OCC(F)F)c1. The Labute approximate surface area is 97.6 Å². The van der Waals surface area contributed by atoms with Gasteiger partial charge >= 0.3 is 0 Å². The molecule has 0 saturated heterocycles. The van der Waals surface area contributed by atoms with E-state index in [2.05, 4.69) is 17.5 Å². The lowest BCUT2D eigenvalue weighted by molar-refractivity contribution is 0.0822. The van der Waals surface area contributed by atoms with Gasteiger partial charge in [-0.25, -0.2) is 8.78 Å². The third-order valence-electron chi connectivity index (χ3n) is 1.76. The highest BCUT2D eigenvalue weighted by Crippen LogP contribution is 2.25. The number of benzene rings is 1. The normalized spacial score (nSPS) is 10.2. The zero-order valence-electron chi connectivity index (χ0n) is 8.67. The number of hydrogen-bond donors (Lipinski definition) is 2. The van der Waals surface area contributed by atoms with Crippen molar-refractivity contribution in [2.75, 3.05) is 11.9 Å². The molecule has 0 aliphatic carbocycles. The Bertz CT molecular complexity index is 385. The largest absolute Gasteiger partial charge is 0.485 e. The second-order valence-corrected chi connectivity index (χ2v) is 3.63. The van der Waals surface area contributed by atoms with Crippen LogP contribution in [-0.4, -0.2) is 18.1 Å². The second kappa shape index (κ2) is 5.60. The Hall–Kier alpha value is -1.43. The molecule has 0 saturated carbocycles. The van der Waals surface area contributed by atoms with E-state index in [1.54, 1.807) is 18.2 Å². The molecule has 0 fully saturated rings. The molecule has 0 radical (unpaired) electrons. The monoisotopic (exact) mass is 246 g/mol. The lowest BCUT2D eigenvalue weighted by atomic mass is 10.2. The number of ether oxygens (including phenoxy) is 1. The molecule has 1 aromatic carbocycles. The quantitative estimate of drug-likeness (QED) is 0.800. The summed E-state index contributed by atoms with van der Waals surface area (Å²) in [5.41, 5.74) is 6.69. The van der Waals surface area contributed by atoms with E-state index >= 15 is 0 Å². The molecule has 1 rings (SSSR count).